The molecule has 1 fully saturated rings. The number of anilines is 1. The quantitative estimate of drug-likeness (QED) is 0.266. The number of hydrogen-bond donors (Lipinski definition) is 2. The summed E-state index contributed by atoms with van der Waals surface area (Å²) in [6.45, 7) is 0.744. The summed E-state index contributed by atoms with van der Waals surface area (Å²) >= 11 is 0. The minimum absolute atomic E-state index is 0.0147. The molecule has 1 saturated carbocycles. The molecule has 1 atom stereocenters. The van der Waals surface area contributed by atoms with Crippen molar-refractivity contribution in [3.05, 3.63) is 69.8 Å². The lowest BCUT2D eigenvalue weighted by atomic mass is 10.1. The van der Waals surface area contributed by atoms with Gasteiger partial charge in [0.05, 0.1) is 17.1 Å². The van der Waals surface area contributed by atoms with Crippen LogP contribution in [-0.4, -0.2) is 43.1 Å². The molecule has 2 N–H and O–H groups in total. The smallest absolute Gasteiger partial charge is 0.339 e. The van der Waals surface area contributed by atoms with Crippen molar-refractivity contribution in [3.8, 4) is 0 Å². The molecule has 0 saturated heterocycles. The lowest BCUT2D eigenvalue weighted by Gasteiger charge is -2.18. The summed E-state index contributed by atoms with van der Waals surface area (Å²) in [5.41, 5.74) is 0.509. The molecular weight excluding hydrogens is 390 g/mol. The summed E-state index contributed by atoms with van der Waals surface area (Å²) in [5.74, 6) is -1.23. The predicted octanol–water partition coefficient (Wildman–Crippen LogP) is 2.83. The van der Waals surface area contributed by atoms with Crippen molar-refractivity contribution in [1.82, 2.24) is 5.32 Å². The van der Waals surface area contributed by atoms with Gasteiger partial charge in [-0.05, 0) is 25.0 Å². The Labute approximate surface area is 173 Å². The molecule has 0 heterocycles. The van der Waals surface area contributed by atoms with E-state index in [-0.39, 0.29) is 23.0 Å². The number of benzene rings is 2. The third kappa shape index (κ3) is 5.54. The van der Waals surface area contributed by atoms with Gasteiger partial charge in [0.2, 0.25) is 6.10 Å². The Morgan fingerprint density at radius 3 is 2.57 bits per heavy atom. The minimum atomic E-state index is -1.14. The first kappa shape index (κ1) is 21.3. The van der Waals surface area contributed by atoms with Crippen molar-refractivity contribution in [2.75, 3.05) is 25.6 Å². The van der Waals surface area contributed by atoms with Crippen molar-refractivity contribution in [2.24, 2.45) is 0 Å². The van der Waals surface area contributed by atoms with E-state index >= 15 is 0 Å². The van der Waals surface area contributed by atoms with E-state index in [1.54, 1.807) is 30.3 Å². The fourth-order valence-electron chi connectivity index (χ4n) is 2.83. The van der Waals surface area contributed by atoms with E-state index in [0.717, 1.165) is 18.9 Å². The standard InChI is InChI=1S/C21H23N3O6/c1-29-12-11-22-17-10-7-15(13-18(17)24(27)28)21(26)30-19(14-5-3-2-4-6-14)20(25)23-16-8-9-16/h2-7,10,13,16,19,22H,8-9,11-12H2,1H3,(H,23,25)/t19-/m0/s1. The molecule has 0 aliphatic heterocycles. The van der Waals surface area contributed by atoms with Crippen LogP contribution >= 0.6 is 0 Å². The van der Waals surface area contributed by atoms with Gasteiger partial charge < -0.3 is 20.1 Å². The Kier molecular flexibility index (Phi) is 6.97. The molecule has 9 heteroatoms. The maximum Gasteiger partial charge on any atom is 0.339 e. The molecule has 9 nitrogen and oxygen atoms in total. The molecule has 1 amide bonds. The summed E-state index contributed by atoms with van der Waals surface area (Å²) in [7, 11) is 1.53. The Balaban J connectivity index is 1.79. The lowest BCUT2D eigenvalue weighted by Crippen LogP contribution is -2.33. The zero-order valence-corrected chi connectivity index (χ0v) is 16.5. The number of rotatable bonds is 10. The Bertz CT molecular complexity index is 914. The highest BCUT2D eigenvalue weighted by atomic mass is 16.6. The molecule has 0 unspecified atom stereocenters. The number of nitrogens with zero attached hydrogens (tertiary/aromatic N) is 1. The van der Waals surface area contributed by atoms with Crippen molar-refractivity contribution in [3.63, 3.8) is 0 Å². The van der Waals surface area contributed by atoms with Gasteiger partial charge in [-0.15, -0.1) is 0 Å². The highest BCUT2D eigenvalue weighted by Gasteiger charge is 2.31. The van der Waals surface area contributed by atoms with E-state index in [9.17, 15) is 19.7 Å². The maximum atomic E-state index is 12.7. The summed E-state index contributed by atoms with van der Waals surface area (Å²) in [5, 5.41) is 17.2. The van der Waals surface area contributed by atoms with Crippen LogP contribution in [-0.2, 0) is 14.3 Å². The van der Waals surface area contributed by atoms with Crippen LogP contribution < -0.4 is 10.6 Å². The second-order valence-corrected chi connectivity index (χ2v) is 6.89. The number of ether oxygens (including phenoxy) is 2. The average molecular weight is 413 g/mol. The molecule has 1 aliphatic carbocycles. The molecule has 0 spiro atoms. The Morgan fingerprint density at radius 2 is 1.93 bits per heavy atom. The molecule has 2 aromatic carbocycles. The van der Waals surface area contributed by atoms with Gasteiger partial charge in [-0.3, -0.25) is 14.9 Å². The Morgan fingerprint density at radius 1 is 1.20 bits per heavy atom. The predicted molar refractivity (Wildman–Crippen MR) is 109 cm³/mol. The summed E-state index contributed by atoms with van der Waals surface area (Å²) in [6.07, 6.45) is 0.647. The van der Waals surface area contributed by atoms with Crippen molar-refractivity contribution in [2.45, 2.75) is 25.0 Å². The number of nitro benzene ring substituents is 1. The molecule has 0 radical (unpaired) electrons. The van der Waals surface area contributed by atoms with Crippen LogP contribution in [0.25, 0.3) is 0 Å². The van der Waals surface area contributed by atoms with Gasteiger partial charge in [-0.25, -0.2) is 4.79 Å². The maximum absolute atomic E-state index is 12.7. The fourth-order valence-corrected chi connectivity index (χ4v) is 2.83. The fraction of sp³-hybridized carbons (Fsp3) is 0.333. The number of methoxy groups -OCH3 is 1. The monoisotopic (exact) mass is 413 g/mol. The number of nitro groups is 1. The average Bonchev–Trinajstić information content (AvgIpc) is 3.56. The molecule has 30 heavy (non-hydrogen) atoms. The van der Waals surface area contributed by atoms with E-state index in [2.05, 4.69) is 10.6 Å². The van der Waals surface area contributed by atoms with Crippen molar-refractivity contribution < 1.29 is 24.0 Å². The molecule has 0 aromatic heterocycles. The van der Waals surface area contributed by atoms with Gasteiger partial charge in [-0.1, -0.05) is 30.3 Å². The number of nitrogens with one attached hydrogen (secondary N) is 2. The SMILES string of the molecule is COCCNc1ccc(C(=O)O[C@H](C(=O)NC2CC2)c2ccccc2)cc1[N+](=O)[O-]. The molecule has 0 bridgehead atoms. The van der Waals surface area contributed by atoms with Crippen LogP contribution in [0.15, 0.2) is 48.5 Å². The number of amides is 1. The number of carbonyl (C=O) groups excluding carboxylic acids is 2. The number of carbonyl (C=O) groups is 2. The second kappa shape index (κ2) is 9.84. The van der Waals surface area contributed by atoms with Crippen molar-refractivity contribution >= 4 is 23.3 Å². The number of hydrogen-bond acceptors (Lipinski definition) is 7. The van der Waals surface area contributed by atoms with Gasteiger partial charge in [0.15, 0.2) is 0 Å². The number of esters is 1. The first-order valence-corrected chi connectivity index (χ1v) is 9.57. The first-order chi connectivity index (χ1) is 14.5. The topological polar surface area (TPSA) is 120 Å². The normalized spacial score (nSPS) is 13.9. The van der Waals surface area contributed by atoms with Crippen LogP contribution in [0.3, 0.4) is 0 Å². The van der Waals surface area contributed by atoms with Gasteiger partial charge in [0.25, 0.3) is 11.6 Å². The third-order valence-electron chi connectivity index (χ3n) is 4.54. The summed E-state index contributed by atoms with van der Waals surface area (Å²) < 4.78 is 10.4. The molecule has 2 aromatic rings. The van der Waals surface area contributed by atoms with E-state index < -0.39 is 22.9 Å². The van der Waals surface area contributed by atoms with E-state index in [0.29, 0.717) is 18.7 Å². The zero-order valence-electron chi connectivity index (χ0n) is 16.5. The third-order valence-corrected chi connectivity index (χ3v) is 4.54. The summed E-state index contributed by atoms with van der Waals surface area (Å²) in [4.78, 5) is 36.2. The largest absolute Gasteiger partial charge is 0.444 e. The van der Waals surface area contributed by atoms with Crippen molar-refractivity contribution in [1.29, 1.82) is 0 Å². The lowest BCUT2D eigenvalue weighted by molar-refractivity contribution is -0.384. The van der Waals surface area contributed by atoms with Gasteiger partial charge in [0, 0.05) is 31.3 Å². The van der Waals surface area contributed by atoms with E-state index in [1.807, 2.05) is 0 Å². The molecule has 1 aliphatic rings. The van der Waals surface area contributed by atoms with E-state index in [4.69, 9.17) is 9.47 Å². The van der Waals surface area contributed by atoms with Crippen LogP contribution in [0.2, 0.25) is 0 Å². The second-order valence-electron chi connectivity index (χ2n) is 6.89. The van der Waals surface area contributed by atoms with Crippen LogP contribution in [0.4, 0.5) is 11.4 Å². The summed E-state index contributed by atoms with van der Waals surface area (Å²) in [6, 6.07) is 12.7. The first-order valence-electron chi connectivity index (χ1n) is 9.57. The Hall–Kier alpha value is -3.46. The van der Waals surface area contributed by atoms with Crippen LogP contribution in [0, 0.1) is 10.1 Å². The zero-order chi connectivity index (χ0) is 21.5. The highest BCUT2D eigenvalue weighted by Crippen LogP contribution is 2.28. The molecule has 3 rings (SSSR count). The van der Waals surface area contributed by atoms with Gasteiger partial charge in [-0.2, -0.15) is 0 Å². The van der Waals surface area contributed by atoms with Crippen LogP contribution in [0.5, 0.6) is 0 Å². The van der Waals surface area contributed by atoms with Gasteiger partial charge in [0.1, 0.15) is 5.69 Å². The highest BCUT2D eigenvalue weighted by molar-refractivity contribution is 5.94. The van der Waals surface area contributed by atoms with Crippen LogP contribution in [0.1, 0.15) is 34.9 Å². The van der Waals surface area contributed by atoms with Gasteiger partial charge >= 0.3 is 5.97 Å². The van der Waals surface area contributed by atoms with E-state index in [1.165, 1.54) is 19.2 Å². The molecular formula is C21H23N3O6. The minimum Gasteiger partial charge on any atom is -0.444 e. The molecule has 158 valence electrons.